The molecule has 0 atom stereocenters. The normalized spacial score (nSPS) is 10.1. The SMILES string of the molecule is CN=C(C#N)NC. The lowest BCUT2D eigenvalue weighted by Crippen LogP contribution is -2.14. The van der Waals surface area contributed by atoms with E-state index in [1.54, 1.807) is 14.1 Å². The van der Waals surface area contributed by atoms with Gasteiger partial charge in [-0.05, 0) is 0 Å². The fourth-order valence-corrected chi connectivity index (χ4v) is 0.218. The zero-order chi connectivity index (χ0) is 5.70. The van der Waals surface area contributed by atoms with Gasteiger partial charge in [-0.3, -0.25) is 4.99 Å². The van der Waals surface area contributed by atoms with Gasteiger partial charge in [-0.1, -0.05) is 0 Å². The van der Waals surface area contributed by atoms with E-state index in [0.717, 1.165) is 0 Å². The number of nitrogens with one attached hydrogen (secondary N) is 1. The fraction of sp³-hybridized carbons (Fsp3) is 0.500. The van der Waals surface area contributed by atoms with E-state index in [0.29, 0.717) is 5.84 Å². The van der Waals surface area contributed by atoms with Gasteiger partial charge in [0, 0.05) is 14.1 Å². The summed E-state index contributed by atoms with van der Waals surface area (Å²) in [5.74, 6) is 0.361. The summed E-state index contributed by atoms with van der Waals surface area (Å²) in [6.07, 6.45) is 0. The van der Waals surface area contributed by atoms with Crippen LogP contribution in [0.2, 0.25) is 0 Å². The van der Waals surface area contributed by atoms with Crippen LogP contribution in [0.3, 0.4) is 0 Å². The van der Waals surface area contributed by atoms with E-state index in [9.17, 15) is 0 Å². The monoisotopic (exact) mass is 97.1 g/mol. The fourth-order valence-electron chi connectivity index (χ4n) is 0.218. The second-order valence-electron chi connectivity index (χ2n) is 0.934. The Morgan fingerprint density at radius 1 is 1.86 bits per heavy atom. The topological polar surface area (TPSA) is 48.2 Å². The van der Waals surface area contributed by atoms with E-state index < -0.39 is 0 Å². The highest BCUT2D eigenvalue weighted by atomic mass is 14.9. The predicted octanol–water partition coefficient (Wildman–Crippen LogP) is -0.242. The number of amidine groups is 1. The minimum atomic E-state index is 0.361. The number of nitriles is 1. The molecule has 3 heteroatoms. The molecule has 0 spiro atoms. The van der Waals surface area contributed by atoms with E-state index in [4.69, 9.17) is 5.26 Å². The molecule has 0 saturated carbocycles. The third-order valence-corrected chi connectivity index (χ3v) is 0.566. The molecule has 0 aliphatic heterocycles. The van der Waals surface area contributed by atoms with Crippen LogP contribution in [-0.4, -0.2) is 19.9 Å². The first-order valence-corrected chi connectivity index (χ1v) is 1.89. The molecule has 0 heterocycles. The third-order valence-electron chi connectivity index (χ3n) is 0.566. The predicted molar refractivity (Wildman–Crippen MR) is 28.0 cm³/mol. The van der Waals surface area contributed by atoms with Gasteiger partial charge in [0.15, 0.2) is 0 Å². The van der Waals surface area contributed by atoms with Crippen molar-refractivity contribution in [2.75, 3.05) is 14.1 Å². The van der Waals surface area contributed by atoms with Crippen LogP contribution in [0, 0.1) is 11.3 Å². The molecule has 0 aromatic heterocycles. The van der Waals surface area contributed by atoms with Crippen LogP contribution in [0.1, 0.15) is 0 Å². The minimum Gasteiger partial charge on any atom is -0.365 e. The van der Waals surface area contributed by atoms with Crippen LogP contribution in [-0.2, 0) is 0 Å². The summed E-state index contributed by atoms with van der Waals surface area (Å²) in [4.78, 5) is 3.57. The average molecular weight is 97.1 g/mol. The van der Waals surface area contributed by atoms with Crippen molar-refractivity contribution in [1.82, 2.24) is 5.32 Å². The maximum absolute atomic E-state index is 8.08. The highest BCUT2D eigenvalue weighted by Crippen LogP contribution is 1.60. The second kappa shape index (κ2) is 3.16. The molecule has 7 heavy (non-hydrogen) atoms. The second-order valence-corrected chi connectivity index (χ2v) is 0.934. The van der Waals surface area contributed by atoms with Crippen molar-refractivity contribution >= 4 is 5.84 Å². The first-order valence-electron chi connectivity index (χ1n) is 1.89. The molecule has 0 aliphatic rings. The van der Waals surface area contributed by atoms with Crippen molar-refractivity contribution < 1.29 is 0 Å². The van der Waals surface area contributed by atoms with Crippen molar-refractivity contribution in [2.24, 2.45) is 4.99 Å². The summed E-state index contributed by atoms with van der Waals surface area (Å²) in [6.45, 7) is 0. The van der Waals surface area contributed by atoms with Crippen LogP contribution in [0.25, 0.3) is 0 Å². The van der Waals surface area contributed by atoms with Crippen LogP contribution < -0.4 is 5.32 Å². The van der Waals surface area contributed by atoms with Crippen LogP contribution in [0.15, 0.2) is 4.99 Å². The molecule has 3 nitrogen and oxygen atoms in total. The van der Waals surface area contributed by atoms with Gasteiger partial charge in [0.25, 0.3) is 0 Å². The van der Waals surface area contributed by atoms with Gasteiger partial charge < -0.3 is 5.32 Å². The van der Waals surface area contributed by atoms with E-state index in [1.807, 2.05) is 6.07 Å². The number of nitrogens with zero attached hydrogens (tertiary/aromatic N) is 2. The number of hydrogen-bond donors (Lipinski definition) is 1. The maximum atomic E-state index is 8.08. The van der Waals surface area contributed by atoms with Crippen molar-refractivity contribution in [1.29, 1.82) is 5.26 Å². The molecule has 0 bridgehead atoms. The average Bonchev–Trinajstić information content (AvgIpc) is 1.72. The molecule has 0 aliphatic carbocycles. The largest absolute Gasteiger partial charge is 0.365 e. The Hall–Kier alpha value is -1.04. The lowest BCUT2D eigenvalue weighted by atomic mass is 10.6. The molecule has 38 valence electrons. The van der Waals surface area contributed by atoms with Gasteiger partial charge in [-0.2, -0.15) is 5.26 Å². The molecule has 0 fully saturated rings. The van der Waals surface area contributed by atoms with Crippen molar-refractivity contribution in [3.8, 4) is 6.07 Å². The van der Waals surface area contributed by atoms with Crippen molar-refractivity contribution in [2.45, 2.75) is 0 Å². The molecule has 1 N–H and O–H groups in total. The lowest BCUT2D eigenvalue weighted by molar-refractivity contribution is 1.16. The Bertz CT molecular complexity index is 109. The van der Waals surface area contributed by atoms with E-state index in [2.05, 4.69) is 10.3 Å². The minimum absolute atomic E-state index is 0.361. The van der Waals surface area contributed by atoms with Crippen LogP contribution in [0.4, 0.5) is 0 Å². The lowest BCUT2D eigenvalue weighted by Gasteiger charge is -1.86. The summed E-state index contributed by atoms with van der Waals surface area (Å²) < 4.78 is 0. The van der Waals surface area contributed by atoms with Gasteiger partial charge in [0.05, 0.1) is 0 Å². The van der Waals surface area contributed by atoms with Crippen molar-refractivity contribution in [3.05, 3.63) is 0 Å². The molecule has 0 radical (unpaired) electrons. The molecule has 0 rings (SSSR count). The molecular weight excluding hydrogens is 90.1 g/mol. The summed E-state index contributed by atoms with van der Waals surface area (Å²) in [7, 11) is 3.22. The molecule has 0 saturated heterocycles. The third kappa shape index (κ3) is 1.77. The molecule has 0 unspecified atom stereocenters. The molecule has 0 aromatic rings. The Morgan fingerprint density at radius 2 is 2.43 bits per heavy atom. The molecular formula is C4H7N3. The smallest absolute Gasteiger partial charge is 0.200 e. The Kier molecular flexibility index (Phi) is 2.69. The Labute approximate surface area is 42.7 Å². The summed E-state index contributed by atoms with van der Waals surface area (Å²) in [6, 6.07) is 1.84. The van der Waals surface area contributed by atoms with Gasteiger partial charge in [-0.15, -0.1) is 0 Å². The highest BCUT2D eigenvalue weighted by Gasteiger charge is 1.81. The zero-order valence-electron chi connectivity index (χ0n) is 4.39. The van der Waals surface area contributed by atoms with Gasteiger partial charge in [-0.25, -0.2) is 0 Å². The highest BCUT2D eigenvalue weighted by molar-refractivity contribution is 5.96. The van der Waals surface area contributed by atoms with E-state index in [-0.39, 0.29) is 0 Å². The van der Waals surface area contributed by atoms with Crippen LogP contribution in [0.5, 0.6) is 0 Å². The first kappa shape index (κ1) is 5.96. The van der Waals surface area contributed by atoms with Gasteiger partial charge >= 0.3 is 0 Å². The van der Waals surface area contributed by atoms with Gasteiger partial charge in [0.1, 0.15) is 6.07 Å². The zero-order valence-corrected chi connectivity index (χ0v) is 4.39. The maximum Gasteiger partial charge on any atom is 0.200 e. The first-order chi connectivity index (χ1) is 3.35. The van der Waals surface area contributed by atoms with E-state index in [1.165, 1.54) is 0 Å². The summed E-state index contributed by atoms with van der Waals surface area (Å²) >= 11 is 0. The number of aliphatic imine (C=N–C) groups is 1. The summed E-state index contributed by atoms with van der Waals surface area (Å²) in [5.41, 5.74) is 0. The number of rotatable bonds is 0. The van der Waals surface area contributed by atoms with Crippen molar-refractivity contribution in [3.63, 3.8) is 0 Å². The standard InChI is InChI=1S/C4H7N3/c1-6-4(3-5)7-2/h1-2H3,(H,6,7). The summed E-state index contributed by atoms with van der Waals surface area (Å²) in [5, 5.41) is 10.7. The quantitative estimate of drug-likeness (QED) is 0.335. The van der Waals surface area contributed by atoms with Gasteiger partial charge in [0.2, 0.25) is 5.84 Å². The van der Waals surface area contributed by atoms with Crippen LogP contribution >= 0.6 is 0 Å². The Morgan fingerprint density at radius 3 is 2.43 bits per heavy atom. The molecule has 0 amide bonds. The van der Waals surface area contributed by atoms with E-state index >= 15 is 0 Å². The Balaban J connectivity index is 3.68. The number of hydrogen-bond acceptors (Lipinski definition) is 2. The molecule has 0 aromatic carbocycles.